The van der Waals surface area contributed by atoms with E-state index in [9.17, 15) is 13.2 Å². The van der Waals surface area contributed by atoms with Gasteiger partial charge in [0, 0.05) is 17.7 Å². The molecule has 25 heavy (non-hydrogen) atoms. The molecule has 2 N–H and O–H groups in total. The first kappa shape index (κ1) is 17.7. The second kappa shape index (κ2) is 7.03. The number of carbonyl (C=O) groups is 1. The molecule has 130 valence electrons. The van der Waals surface area contributed by atoms with E-state index in [0.29, 0.717) is 21.3 Å². The molecule has 0 spiro atoms. The Balaban J connectivity index is 1.64. The number of aliphatic imine (C=N–C) groups is 1. The summed E-state index contributed by atoms with van der Waals surface area (Å²) >= 11 is 11.7. The molecular formula is C16H13Cl2N3O3S. The molecule has 0 aromatic heterocycles. The van der Waals surface area contributed by atoms with Gasteiger partial charge in [0.25, 0.3) is 10.0 Å². The van der Waals surface area contributed by atoms with Crippen molar-refractivity contribution in [3.63, 3.8) is 0 Å². The molecule has 0 saturated carbocycles. The van der Waals surface area contributed by atoms with Gasteiger partial charge >= 0.3 is 0 Å². The lowest BCUT2D eigenvalue weighted by atomic mass is 10.2. The molecule has 0 aliphatic carbocycles. The summed E-state index contributed by atoms with van der Waals surface area (Å²) in [4.78, 5) is 16.3. The van der Waals surface area contributed by atoms with Crippen molar-refractivity contribution in [1.29, 1.82) is 0 Å². The van der Waals surface area contributed by atoms with Gasteiger partial charge in [-0.1, -0.05) is 35.3 Å². The predicted octanol–water partition coefficient (Wildman–Crippen LogP) is 3.06. The Kier molecular flexibility index (Phi) is 4.99. The molecule has 0 unspecified atom stereocenters. The van der Waals surface area contributed by atoms with E-state index in [0.717, 1.165) is 0 Å². The van der Waals surface area contributed by atoms with E-state index in [-0.39, 0.29) is 29.6 Å². The highest BCUT2D eigenvalue weighted by molar-refractivity contribution is 7.90. The number of rotatable bonds is 4. The van der Waals surface area contributed by atoms with Crippen molar-refractivity contribution in [2.45, 2.75) is 11.3 Å². The summed E-state index contributed by atoms with van der Waals surface area (Å²) in [6.45, 7) is 0.138. The lowest BCUT2D eigenvalue weighted by Crippen LogP contribution is -2.23. The first-order valence-corrected chi connectivity index (χ1v) is 9.52. The van der Waals surface area contributed by atoms with Gasteiger partial charge in [0.05, 0.1) is 21.5 Å². The van der Waals surface area contributed by atoms with Gasteiger partial charge in [-0.15, -0.1) is 0 Å². The van der Waals surface area contributed by atoms with Gasteiger partial charge in [0.2, 0.25) is 5.91 Å². The van der Waals surface area contributed by atoms with Gasteiger partial charge in [-0.25, -0.2) is 8.42 Å². The quantitative estimate of drug-likeness (QED) is 0.830. The van der Waals surface area contributed by atoms with E-state index in [1.54, 1.807) is 36.4 Å². The standard InChI is InChI=1S/C16H13Cl2N3O3S/c17-12-6-5-10(9-13(12)18)20-15(22)7-8-19-16-11-3-1-2-4-14(11)25(23,24)21-16/h1-6,9H,7-8H2,(H,19,21)(H,20,22). The molecule has 1 heterocycles. The fourth-order valence-corrected chi connectivity index (χ4v) is 3.87. The number of halogens is 2. The zero-order chi connectivity index (χ0) is 18.0. The molecule has 0 fully saturated rings. The average Bonchev–Trinajstić information content (AvgIpc) is 2.82. The molecule has 2 aromatic carbocycles. The fraction of sp³-hybridized carbons (Fsp3) is 0.125. The van der Waals surface area contributed by atoms with Crippen LogP contribution in [0.15, 0.2) is 52.4 Å². The van der Waals surface area contributed by atoms with Gasteiger partial charge < -0.3 is 5.32 Å². The van der Waals surface area contributed by atoms with E-state index in [1.807, 2.05) is 0 Å². The second-order valence-electron chi connectivity index (χ2n) is 5.26. The molecule has 0 radical (unpaired) electrons. The molecule has 0 saturated heterocycles. The molecular weight excluding hydrogens is 385 g/mol. The molecule has 0 bridgehead atoms. The summed E-state index contributed by atoms with van der Waals surface area (Å²) in [5.41, 5.74) is 1.03. The topological polar surface area (TPSA) is 87.6 Å². The third-order valence-electron chi connectivity index (χ3n) is 3.47. The number of benzene rings is 2. The Morgan fingerprint density at radius 3 is 2.64 bits per heavy atom. The van der Waals surface area contributed by atoms with Crippen LogP contribution in [0.1, 0.15) is 12.0 Å². The van der Waals surface area contributed by atoms with Crippen LogP contribution in [0.2, 0.25) is 10.0 Å². The molecule has 1 aliphatic rings. The monoisotopic (exact) mass is 397 g/mol. The minimum Gasteiger partial charge on any atom is -0.326 e. The van der Waals surface area contributed by atoms with Crippen molar-refractivity contribution < 1.29 is 13.2 Å². The highest BCUT2D eigenvalue weighted by Crippen LogP contribution is 2.25. The normalized spacial score (nSPS) is 16.3. The van der Waals surface area contributed by atoms with Crippen molar-refractivity contribution in [1.82, 2.24) is 4.72 Å². The summed E-state index contributed by atoms with van der Waals surface area (Å²) in [5, 5.41) is 3.43. The first-order chi connectivity index (χ1) is 11.9. The van der Waals surface area contributed by atoms with Crippen LogP contribution >= 0.6 is 23.2 Å². The van der Waals surface area contributed by atoms with Crippen molar-refractivity contribution >= 4 is 50.7 Å². The number of amidine groups is 1. The van der Waals surface area contributed by atoms with E-state index in [2.05, 4.69) is 15.0 Å². The number of hydrogen-bond acceptors (Lipinski definition) is 4. The summed E-state index contributed by atoms with van der Waals surface area (Å²) in [7, 11) is -3.57. The molecule has 0 atom stereocenters. The fourth-order valence-electron chi connectivity index (χ4n) is 2.32. The number of hydrogen-bond donors (Lipinski definition) is 2. The Morgan fingerprint density at radius 2 is 1.88 bits per heavy atom. The number of nitrogens with one attached hydrogen (secondary N) is 2. The number of fused-ring (bicyclic) bond motifs is 1. The number of nitrogens with zero attached hydrogens (tertiary/aromatic N) is 1. The maximum atomic E-state index is 12.0. The summed E-state index contributed by atoms with van der Waals surface area (Å²) in [6.07, 6.45) is 0.0909. The van der Waals surface area contributed by atoms with Gasteiger partial charge in [-0.2, -0.15) is 0 Å². The molecule has 3 rings (SSSR count). The van der Waals surface area contributed by atoms with Crippen molar-refractivity contribution in [2.24, 2.45) is 4.99 Å². The van der Waals surface area contributed by atoms with E-state index in [4.69, 9.17) is 23.2 Å². The zero-order valence-corrected chi connectivity index (χ0v) is 15.1. The Labute approximate surface area is 154 Å². The lowest BCUT2D eigenvalue weighted by Gasteiger charge is -2.05. The van der Waals surface area contributed by atoms with Crippen LogP contribution in [0.25, 0.3) is 0 Å². The summed E-state index contributed by atoms with van der Waals surface area (Å²) in [5.74, 6) is -0.0187. The molecule has 1 aliphatic heterocycles. The van der Waals surface area contributed by atoms with Crippen LogP contribution < -0.4 is 10.0 Å². The maximum Gasteiger partial charge on any atom is 0.263 e. The molecule has 9 heteroatoms. The summed E-state index contributed by atoms with van der Waals surface area (Å²) < 4.78 is 26.3. The van der Waals surface area contributed by atoms with Crippen LogP contribution in [0.5, 0.6) is 0 Å². The highest BCUT2D eigenvalue weighted by Gasteiger charge is 2.29. The van der Waals surface area contributed by atoms with E-state index >= 15 is 0 Å². The minimum absolute atomic E-state index is 0.0909. The van der Waals surface area contributed by atoms with Crippen molar-refractivity contribution in [3.8, 4) is 0 Å². The SMILES string of the molecule is O=C(CCN=C1NS(=O)(=O)c2ccccc21)Nc1ccc(Cl)c(Cl)c1. The van der Waals surface area contributed by atoms with Crippen LogP contribution in [0.3, 0.4) is 0 Å². The number of anilines is 1. The zero-order valence-electron chi connectivity index (χ0n) is 12.8. The largest absolute Gasteiger partial charge is 0.326 e. The number of carbonyl (C=O) groups excluding carboxylic acids is 1. The number of sulfonamides is 1. The third kappa shape index (κ3) is 3.95. The van der Waals surface area contributed by atoms with Gasteiger partial charge in [-0.3, -0.25) is 14.5 Å². The van der Waals surface area contributed by atoms with Crippen LogP contribution in [0, 0.1) is 0 Å². The van der Waals surface area contributed by atoms with Gasteiger partial charge in [-0.05, 0) is 30.3 Å². The van der Waals surface area contributed by atoms with Crippen LogP contribution in [-0.4, -0.2) is 26.7 Å². The lowest BCUT2D eigenvalue weighted by molar-refractivity contribution is -0.116. The van der Waals surface area contributed by atoms with Crippen LogP contribution in [0.4, 0.5) is 5.69 Å². The molecule has 2 aromatic rings. The highest BCUT2D eigenvalue weighted by atomic mass is 35.5. The maximum absolute atomic E-state index is 12.0. The smallest absolute Gasteiger partial charge is 0.263 e. The number of amides is 1. The van der Waals surface area contributed by atoms with E-state index in [1.165, 1.54) is 6.07 Å². The Bertz CT molecular complexity index is 974. The van der Waals surface area contributed by atoms with Gasteiger partial charge in [0.15, 0.2) is 0 Å². The van der Waals surface area contributed by atoms with Gasteiger partial charge in [0.1, 0.15) is 5.84 Å². The van der Waals surface area contributed by atoms with Crippen molar-refractivity contribution in [2.75, 3.05) is 11.9 Å². The predicted molar refractivity (Wildman–Crippen MR) is 97.9 cm³/mol. The third-order valence-corrected chi connectivity index (χ3v) is 5.61. The molecule has 1 amide bonds. The molecule has 6 nitrogen and oxygen atoms in total. The Hall–Kier alpha value is -2.09. The first-order valence-electron chi connectivity index (χ1n) is 7.28. The van der Waals surface area contributed by atoms with Crippen molar-refractivity contribution in [3.05, 3.63) is 58.1 Å². The summed E-state index contributed by atoms with van der Waals surface area (Å²) in [6, 6.07) is 11.3. The van der Waals surface area contributed by atoms with Crippen LogP contribution in [-0.2, 0) is 14.8 Å². The Morgan fingerprint density at radius 1 is 1.12 bits per heavy atom. The minimum atomic E-state index is -3.57. The van der Waals surface area contributed by atoms with E-state index < -0.39 is 10.0 Å². The second-order valence-corrected chi connectivity index (χ2v) is 7.72. The average molecular weight is 398 g/mol.